The summed E-state index contributed by atoms with van der Waals surface area (Å²) in [6.45, 7) is 4.04. The molecule has 2 aromatic rings. The van der Waals surface area contributed by atoms with Crippen LogP contribution in [0.15, 0.2) is 30.6 Å². The smallest absolute Gasteiger partial charge is 0.138 e. The molecule has 1 aromatic heterocycles. The van der Waals surface area contributed by atoms with E-state index in [0.29, 0.717) is 12.0 Å². The Bertz CT molecular complexity index is 521. The first kappa shape index (κ1) is 12.7. The zero-order valence-corrected chi connectivity index (χ0v) is 10.5. The fourth-order valence-electron chi connectivity index (χ4n) is 1.93. The van der Waals surface area contributed by atoms with E-state index in [1.165, 1.54) is 12.4 Å². The summed E-state index contributed by atoms with van der Waals surface area (Å²) in [7, 11) is 0. The summed E-state index contributed by atoms with van der Waals surface area (Å²) >= 11 is 0. The van der Waals surface area contributed by atoms with Gasteiger partial charge in [0.15, 0.2) is 0 Å². The van der Waals surface area contributed by atoms with Gasteiger partial charge in [0, 0.05) is 24.1 Å². The van der Waals surface area contributed by atoms with Crippen molar-refractivity contribution in [2.75, 3.05) is 0 Å². The van der Waals surface area contributed by atoms with Gasteiger partial charge >= 0.3 is 0 Å². The molecule has 0 spiro atoms. The first-order valence-corrected chi connectivity index (χ1v) is 5.98. The van der Waals surface area contributed by atoms with Crippen LogP contribution in [0.2, 0.25) is 0 Å². The van der Waals surface area contributed by atoms with Gasteiger partial charge in [-0.05, 0) is 19.9 Å². The lowest BCUT2D eigenvalue weighted by molar-refractivity contribution is 0.488. The van der Waals surface area contributed by atoms with Crippen LogP contribution in [0.25, 0.3) is 0 Å². The molecule has 1 unspecified atom stereocenters. The molecule has 0 aliphatic rings. The normalized spacial score (nSPS) is 12.9. The third-order valence-corrected chi connectivity index (χ3v) is 2.84. The van der Waals surface area contributed by atoms with Crippen molar-refractivity contribution < 1.29 is 4.39 Å². The van der Waals surface area contributed by atoms with E-state index in [4.69, 9.17) is 5.73 Å². The van der Waals surface area contributed by atoms with Crippen LogP contribution in [0.3, 0.4) is 0 Å². The summed E-state index contributed by atoms with van der Waals surface area (Å²) in [5.74, 6) is 0.501. The van der Waals surface area contributed by atoms with E-state index in [9.17, 15) is 4.39 Å². The maximum Gasteiger partial charge on any atom is 0.138 e. The molecule has 2 N–H and O–H groups in total. The Balaban J connectivity index is 2.19. The summed E-state index contributed by atoms with van der Waals surface area (Å²) in [5, 5.41) is 4.14. The van der Waals surface area contributed by atoms with Crippen LogP contribution in [0.5, 0.6) is 0 Å². The molecule has 0 fully saturated rings. The summed E-state index contributed by atoms with van der Waals surface area (Å²) in [6, 6.07) is 6.37. The van der Waals surface area contributed by atoms with Crippen molar-refractivity contribution in [2.45, 2.75) is 32.4 Å². The minimum atomic E-state index is -0.409. The molecular formula is C13H17FN4. The van der Waals surface area contributed by atoms with Crippen LogP contribution < -0.4 is 5.73 Å². The first-order valence-electron chi connectivity index (χ1n) is 5.98. The number of halogens is 1. The van der Waals surface area contributed by atoms with E-state index < -0.39 is 6.04 Å². The monoisotopic (exact) mass is 248 g/mol. The van der Waals surface area contributed by atoms with Gasteiger partial charge in [-0.1, -0.05) is 18.2 Å². The van der Waals surface area contributed by atoms with Crippen LogP contribution in [-0.2, 0) is 6.42 Å². The van der Waals surface area contributed by atoms with E-state index in [1.54, 1.807) is 22.9 Å². The second-order valence-electron chi connectivity index (χ2n) is 4.55. The van der Waals surface area contributed by atoms with Crippen molar-refractivity contribution in [3.63, 3.8) is 0 Å². The predicted octanol–water partition coefficient (Wildman–Crippen LogP) is 2.24. The molecule has 18 heavy (non-hydrogen) atoms. The van der Waals surface area contributed by atoms with E-state index in [1.807, 2.05) is 13.8 Å². The highest BCUT2D eigenvalue weighted by Gasteiger charge is 2.15. The topological polar surface area (TPSA) is 56.7 Å². The molecule has 1 aromatic carbocycles. The Labute approximate surface area is 106 Å². The fourth-order valence-corrected chi connectivity index (χ4v) is 1.93. The number of nitrogens with two attached hydrogens (primary N) is 1. The quantitative estimate of drug-likeness (QED) is 0.902. The van der Waals surface area contributed by atoms with E-state index in [0.717, 1.165) is 5.82 Å². The Hall–Kier alpha value is -1.75. The van der Waals surface area contributed by atoms with Crippen LogP contribution in [0.4, 0.5) is 4.39 Å². The largest absolute Gasteiger partial charge is 0.323 e. The van der Waals surface area contributed by atoms with Gasteiger partial charge in [-0.3, -0.25) is 0 Å². The Morgan fingerprint density at radius 3 is 2.72 bits per heavy atom. The van der Waals surface area contributed by atoms with Gasteiger partial charge in [-0.2, -0.15) is 5.10 Å². The molecule has 0 amide bonds. The van der Waals surface area contributed by atoms with Gasteiger partial charge in [0.2, 0.25) is 0 Å². The van der Waals surface area contributed by atoms with Crippen LogP contribution in [-0.4, -0.2) is 14.8 Å². The molecule has 4 nitrogen and oxygen atoms in total. The van der Waals surface area contributed by atoms with E-state index in [-0.39, 0.29) is 11.9 Å². The van der Waals surface area contributed by atoms with Gasteiger partial charge in [0.1, 0.15) is 18.0 Å². The standard InChI is InChI=1S/C13H17FN4/c1-9(2)18-13(16-8-17-18)7-12(15)10-5-3-4-6-11(10)14/h3-6,8-9,12H,7,15H2,1-2H3. The van der Waals surface area contributed by atoms with Crippen molar-refractivity contribution in [1.29, 1.82) is 0 Å². The van der Waals surface area contributed by atoms with E-state index in [2.05, 4.69) is 10.1 Å². The van der Waals surface area contributed by atoms with Gasteiger partial charge < -0.3 is 5.73 Å². The van der Waals surface area contributed by atoms with Gasteiger partial charge in [0.05, 0.1) is 0 Å². The highest BCUT2D eigenvalue weighted by atomic mass is 19.1. The molecule has 1 atom stereocenters. The SMILES string of the molecule is CC(C)n1ncnc1CC(N)c1ccccc1F. The molecule has 0 aliphatic heterocycles. The predicted molar refractivity (Wildman–Crippen MR) is 67.4 cm³/mol. The average Bonchev–Trinajstić information content (AvgIpc) is 2.77. The second-order valence-corrected chi connectivity index (χ2v) is 4.55. The number of rotatable bonds is 4. The summed E-state index contributed by atoms with van der Waals surface area (Å²) in [5.41, 5.74) is 6.54. The van der Waals surface area contributed by atoms with Crippen LogP contribution in [0, 0.1) is 5.82 Å². The molecule has 0 aliphatic carbocycles. The Morgan fingerprint density at radius 1 is 1.33 bits per heavy atom. The van der Waals surface area contributed by atoms with Crippen molar-refractivity contribution in [1.82, 2.24) is 14.8 Å². The number of hydrogen-bond donors (Lipinski definition) is 1. The molecule has 0 radical (unpaired) electrons. The van der Waals surface area contributed by atoms with Gasteiger partial charge in [-0.25, -0.2) is 14.1 Å². The Morgan fingerprint density at radius 2 is 2.06 bits per heavy atom. The third kappa shape index (κ3) is 2.56. The second kappa shape index (κ2) is 5.27. The number of nitrogens with zero attached hydrogens (tertiary/aromatic N) is 3. The molecule has 0 saturated carbocycles. The number of aromatic nitrogens is 3. The number of hydrogen-bond acceptors (Lipinski definition) is 3. The maximum absolute atomic E-state index is 13.6. The molecular weight excluding hydrogens is 231 g/mol. The van der Waals surface area contributed by atoms with Crippen molar-refractivity contribution >= 4 is 0 Å². The molecule has 5 heteroatoms. The molecule has 96 valence electrons. The lowest BCUT2D eigenvalue weighted by Crippen LogP contribution is -2.19. The average molecular weight is 248 g/mol. The lowest BCUT2D eigenvalue weighted by atomic mass is 10.0. The minimum Gasteiger partial charge on any atom is -0.323 e. The van der Waals surface area contributed by atoms with Gasteiger partial charge in [-0.15, -0.1) is 0 Å². The van der Waals surface area contributed by atoms with E-state index >= 15 is 0 Å². The number of benzene rings is 1. The zero-order chi connectivity index (χ0) is 13.1. The van der Waals surface area contributed by atoms with Crippen LogP contribution >= 0.6 is 0 Å². The van der Waals surface area contributed by atoms with Crippen molar-refractivity contribution in [3.8, 4) is 0 Å². The highest BCUT2D eigenvalue weighted by Crippen LogP contribution is 2.19. The van der Waals surface area contributed by atoms with Crippen molar-refractivity contribution in [2.24, 2.45) is 5.73 Å². The highest BCUT2D eigenvalue weighted by molar-refractivity contribution is 5.21. The summed E-state index contributed by atoms with van der Waals surface area (Å²) < 4.78 is 15.4. The molecule has 1 heterocycles. The molecule has 2 rings (SSSR count). The van der Waals surface area contributed by atoms with Gasteiger partial charge in [0.25, 0.3) is 0 Å². The minimum absolute atomic E-state index is 0.218. The fraction of sp³-hybridized carbons (Fsp3) is 0.385. The lowest BCUT2D eigenvalue weighted by Gasteiger charge is -2.14. The van der Waals surface area contributed by atoms with Crippen LogP contribution in [0.1, 0.15) is 37.3 Å². The van der Waals surface area contributed by atoms with Crippen molar-refractivity contribution in [3.05, 3.63) is 47.8 Å². The molecule has 0 saturated heterocycles. The molecule has 0 bridgehead atoms. The maximum atomic E-state index is 13.6. The zero-order valence-electron chi connectivity index (χ0n) is 10.5. The first-order chi connectivity index (χ1) is 8.59. The summed E-state index contributed by atoms with van der Waals surface area (Å²) in [6.07, 6.45) is 1.97. The third-order valence-electron chi connectivity index (χ3n) is 2.84. The summed E-state index contributed by atoms with van der Waals surface area (Å²) in [4.78, 5) is 4.18. The Kier molecular flexibility index (Phi) is 3.72.